The van der Waals surface area contributed by atoms with Crippen molar-refractivity contribution in [3.63, 3.8) is 0 Å². The number of carbonyl (C=O) groups excluding carboxylic acids is 1. The third-order valence-electron chi connectivity index (χ3n) is 4.41. The van der Waals surface area contributed by atoms with Gasteiger partial charge in [-0.3, -0.25) is 4.79 Å². The topological polar surface area (TPSA) is 66.9 Å². The molecule has 0 bridgehead atoms. The Labute approximate surface area is 153 Å². The first-order valence-corrected chi connectivity index (χ1v) is 9.21. The Hall–Kier alpha value is -2.14. The van der Waals surface area contributed by atoms with E-state index in [0.29, 0.717) is 18.2 Å². The number of hydrogen-bond donors (Lipinski definition) is 2. The molecule has 0 saturated heterocycles. The number of nitrogens with zero attached hydrogens (tertiary/aromatic N) is 2. The van der Waals surface area contributed by atoms with E-state index in [4.69, 9.17) is 11.6 Å². The summed E-state index contributed by atoms with van der Waals surface area (Å²) in [6, 6.07) is 9.69. The Kier molecular flexibility index (Phi) is 6.23. The van der Waals surface area contributed by atoms with E-state index in [1.54, 1.807) is 12.3 Å². The van der Waals surface area contributed by atoms with Crippen LogP contribution in [-0.2, 0) is 6.42 Å². The lowest BCUT2D eigenvalue weighted by atomic mass is 9.95. The standard InChI is InChI=1S/C19H23ClN4O/c20-15-6-4-5-14(13-15)9-11-21-19-22-12-10-17(24-19)18(25)23-16-7-2-1-3-8-16/h4-6,10,12-13,16H,1-3,7-9,11H2,(H,23,25)(H,21,22,24). The molecular formula is C19H23ClN4O. The average Bonchev–Trinajstić information content (AvgIpc) is 2.63. The minimum Gasteiger partial charge on any atom is -0.354 e. The zero-order valence-electron chi connectivity index (χ0n) is 14.2. The number of amides is 1. The van der Waals surface area contributed by atoms with Crippen LogP contribution in [0.1, 0.15) is 48.2 Å². The second-order valence-corrected chi connectivity index (χ2v) is 6.82. The Bertz CT molecular complexity index is 716. The monoisotopic (exact) mass is 358 g/mol. The highest BCUT2D eigenvalue weighted by Crippen LogP contribution is 2.17. The van der Waals surface area contributed by atoms with Gasteiger partial charge in [-0.1, -0.05) is 43.0 Å². The normalized spacial score (nSPS) is 14.9. The number of anilines is 1. The molecule has 1 fully saturated rings. The molecule has 0 spiro atoms. The summed E-state index contributed by atoms with van der Waals surface area (Å²) in [6.45, 7) is 0.675. The minimum atomic E-state index is -0.118. The van der Waals surface area contributed by atoms with Crippen molar-refractivity contribution in [1.29, 1.82) is 0 Å². The van der Waals surface area contributed by atoms with E-state index in [1.807, 2.05) is 24.3 Å². The van der Waals surface area contributed by atoms with Crippen LogP contribution in [0.2, 0.25) is 5.02 Å². The Morgan fingerprint density at radius 2 is 2.04 bits per heavy atom. The smallest absolute Gasteiger partial charge is 0.270 e. The molecule has 1 saturated carbocycles. The van der Waals surface area contributed by atoms with Crippen LogP contribution in [0.25, 0.3) is 0 Å². The molecule has 0 aliphatic heterocycles. The third kappa shape index (κ3) is 5.43. The Balaban J connectivity index is 1.52. The van der Waals surface area contributed by atoms with E-state index in [2.05, 4.69) is 20.6 Å². The van der Waals surface area contributed by atoms with Gasteiger partial charge in [-0.2, -0.15) is 0 Å². The molecule has 0 radical (unpaired) electrons. The maximum atomic E-state index is 12.4. The first kappa shape index (κ1) is 17.7. The number of carbonyl (C=O) groups is 1. The van der Waals surface area contributed by atoms with Gasteiger partial charge in [-0.15, -0.1) is 0 Å². The molecule has 25 heavy (non-hydrogen) atoms. The maximum absolute atomic E-state index is 12.4. The van der Waals surface area contributed by atoms with Crippen LogP contribution < -0.4 is 10.6 Å². The number of halogens is 1. The Morgan fingerprint density at radius 1 is 1.20 bits per heavy atom. The molecule has 1 amide bonds. The molecule has 0 atom stereocenters. The minimum absolute atomic E-state index is 0.118. The zero-order chi connectivity index (χ0) is 17.5. The summed E-state index contributed by atoms with van der Waals surface area (Å²) in [4.78, 5) is 20.9. The summed E-state index contributed by atoms with van der Waals surface area (Å²) in [5, 5.41) is 6.98. The van der Waals surface area contributed by atoms with Crippen molar-refractivity contribution in [1.82, 2.24) is 15.3 Å². The summed E-state index contributed by atoms with van der Waals surface area (Å²) >= 11 is 5.99. The summed E-state index contributed by atoms with van der Waals surface area (Å²) in [7, 11) is 0. The second kappa shape index (κ2) is 8.81. The molecule has 1 heterocycles. The maximum Gasteiger partial charge on any atom is 0.270 e. The van der Waals surface area contributed by atoms with Gasteiger partial charge in [0, 0.05) is 23.8 Å². The van der Waals surface area contributed by atoms with Crippen LogP contribution in [0.3, 0.4) is 0 Å². The highest BCUT2D eigenvalue weighted by atomic mass is 35.5. The molecule has 132 valence electrons. The number of aromatic nitrogens is 2. The fraction of sp³-hybridized carbons (Fsp3) is 0.421. The third-order valence-corrected chi connectivity index (χ3v) is 4.65. The molecule has 1 aliphatic carbocycles. The highest BCUT2D eigenvalue weighted by Gasteiger charge is 2.17. The van der Waals surface area contributed by atoms with Crippen molar-refractivity contribution in [2.24, 2.45) is 0 Å². The van der Waals surface area contributed by atoms with Gasteiger partial charge in [0.05, 0.1) is 0 Å². The van der Waals surface area contributed by atoms with Crippen molar-refractivity contribution in [2.75, 3.05) is 11.9 Å². The first-order valence-electron chi connectivity index (χ1n) is 8.83. The quantitative estimate of drug-likeness (QED) is 0.823. The summed E-state index contributed by atoms with van der Waals surface area (Å²) < 4.78 is 0. The van der Waals surface area contributed by atoms with E-state index in [0.717, 1.165) is 29.8 Å². The molecule has 0 unspecified atom stereocenters. The number of hydrogen-bond acceptors (Lipinski definition) is 4. The van der Waals surface area contributed by atoms with E-state index in [9.17, 15) is 4.79 Å². The van der Waals surface area contributed by atoms with Crippen molar-refractivity contribution in [3.05, 3.63) is 52.8 Å². The van der Waals surface area contributed by atoms with Crippen LogP contribution in [-0.4, -0.2) is 28.5 Å². The van der Waals surface area contributed by atoms with Gasteiger partial charge in [-0.05, 0) is 43.0 Å². The number of benzene rings is 1. The molecular weight excluding hydrogens is 336 g/mol. The predicted molar refractivity (Wildman–Crippen MR) is 100 cm³/mol. The van der Waals surface area contributed by atoms with E-state index < -0.39 is 0 Å². The van der Waals surface area contributed by atoms with Gasteiger partial charge in [0.1, 0.15) is 5.69 Å². The molecule has 3 rings (SSSR count). The van der Waals surface area contributed by atoms with Gasteiger partial charge >= 0.3 is 0 Å². The second-order valence-electron chi connectivity index (χ2n) is 6.38. The SMILES string of the molecule is O=C(NC1CCCCC1)c1ccnc(NCCc2cccc(Cl)c2)n1. The van der Waals surface area contributed by atoms with Gasteiger partial charge < -0.3 is 10.6 Å². The van der Waals surface area contributed by atoms with E-state index in [1.165, 1.54) is 19.3 Å². The molecule has 1 aromatic heterocycles. The van der Waals surface area contributed by atoms with Gasteiger partial charge in [0.2, 0.25) is 5.95 Å². The average molecular weight is 359 g/mol. The lowest BCUT2D eigenvalue weighted by Crippen LogP contribution is -2.36. The first-order chi connectivity index (χ1) is 12.2. The van der Waals surface area contributed by atoms with Crippen LogP contribution in [0.5, 0.6) is 0 Å². The van der Waals surface area contributed by atoms with Gasteiger partial charge in [0.25, 0.3) is 5.91 Å². The summed E-state index contributed by atoms with van der Waals surface area (Å²) in [5.74, 6) is 0.352. The zero-order valence-corrected chi connectivity index (χ0v) is 14.9. The molecule has 1 aliphatic rings. The summed E-state index contributed by atoms with van der Waals surface area (Å²) in [6.07, 6.45) is 8.17. The van der Waals surface area contributed by atoms with Crippen molar-refractivity contribution < 1.29 is 4.79 Å². The Morgan fingerprint density at radius 3 is 2.84 bits per heavy atom. The van der Waals surface area contributed by atoms with Crippen LogP contribution in [0, 0.1) is 0 Å². The number of rotatable bonds is 6. The largest absolute Gasteiger partial charge is 0.354 e. The molecule has 2 aromatic rings. The van der Waals surface area contributed by atoms with E-state index in [-0.39, 0.29) is 11.9 Å². The molecule has 2 N–H and O–H groups in total. The highest BCUT2D eigenvalue weighted by molar-refractivity contribution is 6.30. The lowest BCUT2D eigenvalue weighted by Gasteiger charge is -2.22. The van der Waals surface area contributed by atoms with Crippen molar-refractivity contribution in [2.45, 2.75) is 44.6 Å². The fourth-order valence-corrected chi connectivity index (χ4v) is 3.30. The molecule has 5 nitrogen and oxygen atoms in total. The molecule has 6 heteroatoms. The van der Waals surface area contributed by atoms with Crippen LogP contribution in [0.15, 0.2) is 36.5 Å². The van der Waals surface area contributed by atoms with E-state index >= 15 is 0 Å². The summed E-state index contributed by atoms with van der Waals surface area (Å²) in [5.41, 5.74) is 1.55. The van der Waals surface area contributed by atoms with Crippen molar-refractivity contribution >= 4 is 23.5 Å². The van der Waals surface area contributed by atoms with Crippen LogP contribution in [0.4, 0.5) is 5.95 Å². The van der Waals surface area contributed by atoms with Crippen LogP contribution >= 0.6 is 11.6 Å². The molecule has 1 aromatic carbocycles. The van der Waals surface area contributed by atoms with Crippen molar-refractivity contribution in [3.8, 4) is 0 Å². The fourth-order valence-electron chi connectivity index (χ4n) is 3.09. The van der Waals surface area contributed by atoms with Gasteiger partial charge in [-0.25, -0.2) is 9.97 Å². The number of nitrogens with one attached hydrogen (secondary N) is 2. The lowest BCUT2D eigenvalue weighted by molar-refractivity contribution is 0.0922. The predicted octanol–water partition coefficient (Wildman–Crippen LogP) is 3.85. The van der Waals surface area contributed by atoms with Gasteiger partial charge in [0.15, 0.2) is 0 Å².